The molecule has 9 heteroatoms. The molecule has 1 rings (SSSR count). The molecule has 27 heavy (non-hydrogen) atoms. The lowest BCUT2D eigenvalue weighted by molar-refractivity contribution is -0.125. The molecule has 1 aromatic rings. The monoisotopic (exact) mass is 393 g/mol. The SMILES string of the molecule is C=CCNS(=O)(=O)c1ccc(C(=O)OCC(=O)N[C@@](C)(C#N)C(C)C)cc1. The summed E-state index contributed by atoms with van der Waals surface area (Å²) in [5, 5.41) is 11.7. The van der Waals surface area contributed by atoms with Gasteiger partial charge in [0.1, 0.15) is 5.54 Å². The Morgan fingerprint density at radius 3 is 2.41 bits per heavy atom. The molecule has 0 radical (unpaired) electrons. The largest absolute Gasteiger partial charge is 0.452 e. The third-order valence-electron chi connectivity index (χ3n) is 3.94. The van der Waals surface area contributed by atoms with Gasteiger partial charge in [0.05, 0.1) is 16.5 Å². The van der Waals surface area contributed by atoms with E-state index < -0.39 is 34.0 Å². The van der Waals surface area contributed by atoms with Gasteiger partial charge in [-0.15, -0.1) is 6.58 Å². The minimum Gasteiger partial charge on any atom is -0.452 e. The second kappa shape index (κ2) is 9.30. The van der Waals surface area contributed by atoms with Crippen molar-refractivity contribution in [1.29, 1.82) is 5.26 Å². The van der Waals surface area contributed by atoms with Gasteiger partial charge in [0.2, 0.25) is 10.0 Å². The third kappa shape index (κ3) is 6.20. The van der Waals surface area contributed by atoms with E-state index in [1.165, 1.54) is 30.3 Å². The van der Waals surface area contributed by atoms with Gasteiger partial charge < -0.3 is 10.1 Å². The molecule has 0 aliphatic carbocycles. The predicted molar refractivity (Wildman–Crippen MR) is 99.1 cm³/mol. The first kappa shape index (κ1) is 22.3. The Kier molecular flexibility index (Phi) is 7.69. The molecule has 8 nitrogen and oxygen atoms in total. The number of rotatable bonds is 9. The smallest absolute Gasteiger partial charge is 0.338 e. The summed E-state index contributed by atoms with van der Waals surface area (Å²) in [6.45, 7) is 8.11. The number of carbonyl (C=O) groups is 2. The standard InChI is InChI=1S/C18H23N3O5S/c1-5-10-20-27(24,25)15-8-6-14(7-9-15)17(23)26-11-16(22)21-18(4,12-19)13(2)3/h5-9,13,20H,1,10-11H2,2-4H3,(H,21,22)/t18-/m0/s1. The van der Waals surface area contributed by atoms with Crippen LogP contribution in [0.5, 0.6) is 0 Å². The van der Waals surface area contributed by atoms with Crippen LogP contribution in [-0.4, -0.2) is 39.0 Å². The summed E-state index contributed by atoms with van der Waals surface area (Å²) in [5.41, 5.74) is -0.977. The molecule has 1 aromatic carbocycles. The van der Waals surface area contributed by atoms with E-state index in [0.717, 1.165) is 0 Å². The lowest BCUT2D eigenvalue weighted by Gasteiger charge is -2.27. The van der Waals surface area contributed by atoms with Gasteiger partial charge in [-0.05, 0) is 37.1 Å². The molecule has 1 atom stereocenters. The van der Waals surface area contributed by atoms with Gasteiger partial charge >= 0.3 is 5.97 Å². The van der Waals surface area contributed by atoms with Crippen LogP contribution < -0.4 is 10.0 Å². The molecule has 0 spiro atoms. The highest BCUT2D eigenvalue weighted by molar-refractivity contribution is 7.89. The van der Waals surface area contributed by atoms with Crippen molar-refractivity contribution in [1.82, 2.24) is 10.0 Å². The van der Waals surface area contributed by atoms with Gasteiger partial charge in [-0.1, -0.05) is 19.9 Å². The Balaban J connectivity index is 2.70. The molecular formula is C18H23N3O5S. The molecule has 1 amide bonds. The van der Waals surface area contributed by atoms with Crippen LogP contribution in [0.2, 0.25) is 0 Å². The molecule has 0 aliphatic rings. The maximum atomic E-state index is 12.0. The number of nitrogens with one attached hydrogen (secondary N) is 2. The van der Waals surface area contributed by atoms with E-state index in [0.29, 0.717) is 0 Å². The zero-order chi connectivity index (χ0) is 20.7. The number of hydrogen-bond donors (Lipinski definition) is 2. The number of sulfonamides is 1. The molecule has 0 aliphatic heterocycles. The van der Waals surface area contributed by atoms with E-state index in [2.05, 4.69) is 16.6 Å². The Morgan fingerprint density at radius 2 is 1.93 bits per heavy atom. The first-order chi connectivity index (χ1) is 12.6. The summed E-state index contributed by atoms with van der Waals surface area (Å²) in [4.78, 5) is 23.9. The van der Waals surface area contributed by atoms with Crippen molar-refractivity contribution in [2.45, 2.75) is 31.2 Å². The van der Waals surface area contributed by atoms with Crippen molar-refractivity contribution < 1.29 is 22.7 Å². The average Bonchev–Trinajstić information content (AvgIpc) is 2.64. The van der Waals surface area contributed by atoms with Crippen LogP contribution in [0.25, 0.3) is 0 Å². The van der Waals surface area contributed by atoms with E-state index in [1.54, 1.807) is 20.8 Å². The van der Waals surface area contributed by atoms with E-state index in [4.69, 9.17) is 4.74 Å². The van der Waals surface area contributed by atoms with Crippen molar-refractivity contribution in [3.8, 4) is 6.07 Å². The van der Waals surface area contributed by atoms with E-state index in [9.17, 15) is 23.3 Å². The predicted octanol–water partition coefficient (Wildman–Crippen LogP) is 1.36. The second-order valence-corrected chi connectivity index (χ2v) is 8.03. The first-order valence-electron chi connectivity index (χ1n) is 8.15. The highest BCUT2D eigenvalue weighted by atomic mass is 32.2. The summed E-state index contributed by atoms with van der Waals surface area (Å²) in [5.74, 6) is -1.52. The molecule has 0 fully saturated rings. The quantitative estimate of drug-likeness (QED) is 0.482. The van der Waals surface area contributed by atoms with E-state index in [-0.39, 0.29) is 22.9 Å². The fourth-order valence-corrected chi connectivity index (χ4v) is 2.86. The maximum absolute atomic E-state index is 12.0. The number of ether oxygens (including phenoxy) is 1. The molecule has 0 saturated carbocycles. The van der Waals surface area contributed by atoms with Gasteiger partial charge in [-0.25, -0.2) is 17.9 Å². The lowest BCUT2D eigenvalue weighted by Crippen LogP contribution is -2.50. The first-order valence-corrected chi connectivity index (χ1v) is 9.64. The molecule has 0 bridgehead atoms. The number of nitriles is 1. The van der Waals surface area contributed by atoms with Gasteiger partial charge in [0.15, 0.2) is 6.61 Å². The van der Waals surface area contributed by atoms with Gasteiger partial charge in [0, 0.05) is 6.54 Å². The second-order valence-electron chi connectivity index (χ2n) is 6.26. The maximum Gasteiger partial charge on any atom is 0.338 e. The number of benzene rings is 1. The summed E-state index contributed by atoms with van der Waals surface area (Å²) in [7, 11) is -3.69. The van der Waals surface area contributed by atoms with E-state index >= 15 is 0 Å². The normalized spacial score (nSPS) is 13.3. The fraction of sp³-hybridized carbons (Fsp3) is 0.389. The fourth-order valence-electron chi connectivity index (χ4n) is 1.86. The van der Waals surface area contributed by atoms with Gasteiger partial charge in [0.25, 0.3) is 5.91 Å². The Labute approximate surface area is 159 Å². The van der Waals surface area contributed by atoms with Crippen molar-refractivity contribution in [3.63, 3.8) is 0 Å². The summed E-state index contributed by atoms with van der Waals surface area (Å²) in [6.07, 6.45) is 1.41. The highest BCUT2D eigenvalue weighted by Gasteiger charge is 2.30. The van der Waals surface area contributed by atoms with Crippen LogP contribution in [0, 0.1) is 17.2 Å². The Bertz CT molecular complexity index is 841. The number of carbonyl (C=O) groups excluding carboxylic acids is 2. The van der Waals surface area contributed by atoms with Gasteiger partial charge in [-0.2, -0.15) is 5.26 Å². The van der Waals surface area contributed by atoms with Crippen molar-refractivity contribution in [2.24, 2.45) is 5.92 Å². The van der Waals surface area contributed by atoms with Crippen LogP contribution in [-0.2, 0) is 19.6 Å². The molecule has 146 valence electrons. The van der Waals surface area contributed by atoms with Crippen LogP contribution in [0.1, 0.15) is 31.1 Å². The summed E-state index contributed by atoms with van der Waals surface area (Å²) >= 11 is 0. The summed E-state index contributed by atoms with van der Waals surface area (Å²) in [6, 6.07) is 7.11. The molecule has 0 saturated heterocycles. The Morgan fingerprint density at radius 1 is 1.33 bits per heavy atom. The van der Waals surface area contributed by atoms with Crippen molar-refractivity contribution >= 4 is 21.9 Å². The van der Waals surface area contributed by atoms with E-state index in [1.807, 2.05) is 6.07 Å². The minimum absolute atomic E-state index is 0.0136. The van der Waals surface area contributed by atoms with Crippen molar-refractivity contribution in [2.75, 3.05) is 13.2 Å². The molecule has 0 unspecified atom stereocenters. The Hall–Kier alpha value is -2.70. The highest BCUT2D eigenvalue weighted by Crippen LogP contribution is 2.15. The molecule has 2 N–H and O–H groups in total. The molecular weight excluding hydrogens is 370 g/mol. The minimum atomic E-state index is -3.69. The number of amides is 1. The molecule has 0 aromatic heterocycles. The number of nitrogens with zero attached hydrogens (tertiary/aromatic N) is 1. The topological polar surface area (TPSA) is 125 Å². The van der Waals surface area contributed by atoms with Crippen LogP contribution >= 0.6 is 0 Å². The number of hydrogen-bond acceptors (Lipinski definition) is 6. The number of esters is 1. The average molecular weight is 393 g/mol. The third-order valence-corrected chi connectivity index (χ3v) is 5.38. The molecule has 0 heterocycles. The van der Waals surface area contributed by atoms with Crippen LogP contribution in [0.3, 0.4) is 0 Å². The van der Waals surface area contributed by atoms with Gasteiger partial charge in [-0.3, -0.25) is 4.79 Å². The van der Waals surface area contributed by atoms with Crippen molar-refractivity contribution in [3.05, 3.63) is 42.5 Å². The summed E-state index contributed by atoms with van der Waals surface area (Å²) < 4.78 is 31.1. The lowest BCUT2D eigenvalue weighted by atomic mass is 9.90. The zero-order valence-electron chi connectivity index (χ0n) is 15.5. The van der Waals surface area contributed by atoms with Crippen LogP contribution in [0.15, 0.2) is 41.8 Å². The van der Waals surface area contributed by atoms with Crippen LogP contribution in [0.4, 0.5) is 0 Å². The zero-order valence-corrected chi connectivity index (χ0v) is 16.3.